The van der Waals surface area contributed by atoms with E-state index in [0.717, 1.165) is 0 Å². The zero-order valence-corrected chi connectivity index (χ0v) is 8.52. The second-order valence-corrected chi connectivity index (χ2v) is 2.58. The zero-order valence-electron chi connectivity index (χ0n) is 8.52. The van der Waals surface area contributed by atoms with Crippen LogP contribution in [0.5, 0.6) is 0 Å². The van der Waals surface area contributed by atoms with Crippen molar-refractivity contribution in [1.82, 2.24) is 11.0 Å². The van der Waals surface area contributed by atoms with Gasteiger partial charge in [-0.1, -0.05) is 6.58 Å². The molecule has 0 aliphatic carbocycles. The molecule has 0 bridgehead atoms. The van der Waals surface area contributed by atoms with Gasteiger partial charge >= 0.3 is 24.0 Å². The molecule has 0 saturated carbocycles. The summed E-state index contributed by atoms with van der Waals surface area (Å²) in [5.41, 5.74) is 12.0. The number of rotatable bonds is 3. The lowest BCUT2D eigenvalue weighted by Crippen LogP contribution is -2.33. The molecule has 0 aromatic carbocycles. The van der Waals surface area contributed by atoms with Crippen molar-refractivity contribution in [3.8, 4) is 0 Å². The van der Waals surface area contributed by atoms with Crippen LogP contribution >= 0.6 is 0 Å². The minimum Gasteiger partial charge on any atom is -0.349 e. The number of urea groups is 2. The van der Waals surface area contributed by atoms with Gasteiger partial charge < -0.3 is 21.1 Å². The number of carbonyl (C=O) groups excluding carboxylic acids is 4. The second kappa shape index (κ2) is 6.66. The van der Waals surface area contributed by atoms with Crippen LogP contribution in [0.25, 0.3) is 0 Å². The Morgan fingerprint density at radius 2 is 1.47 bits per heavy atom. The maximum absolute atomic E-state index is 11.0. The first kappa shape index (κ1) is 14.2. The molecular weight excluding hydrogens is 236 g/mol. The Kier molecular flexibility index (Phi) is 5.57. The highest BCUT2D eigenvalue weighted by Gasteiger charge is 2.15. The molecule has 0 aromatic rings. The highest BCUT2D eigenvalue weighted by molar-refractivity contribution is 5.93. The number of primary amides is 2. The third-order valence-corrected chi connectivity index (χ3v) is 1.16. The van der Waals surface area contributed by atoms with Crippen molar-refractivity contribution in [2.75, 3.05) is 0 Å². The minimum absolute atomic E-state index is 0.324. The van der Waals surface area contributed by atoms with Crippen LogP contribution in [0.15, 0.2) is 12.2 Å². The van der Waals surface area contributed by atoms with Crippen LogP contribution in [0.4, 0.5) is 9.59 Å². The van der Waals surface area contributed by atoms with Crippen LogP contribution in [-0.4, -0.2) is 24.0 Å². The van der Waals surface area contributed by atoms with Crippen LogP contribution < -0.4 is 22.4 Å². The topological polar surface area (TPSA) is 163 Å². The average Bonchev–Trinajstić information content (AvgIpc) is 2.22. The lowest BCUT2D eigenvalue weighted by atomic mass is 10.2. The highest BCUT2D eigenvalue weighted by Crippen LogP contribution is 2.01. The zero-order chi connectivity index (χ0) is 13.4. The van der Waals surface area contributed by atoms with E-state index in [4.69, 9.17) is 0 Å². The van der Waals surface area contributed by atoms with Gasteiger partial charge in [0.2, 0.25) is 0 Å². The summed E-state index contributed by atoms with van der Waals surface area (Å²) in [5, 5.41) is 0. The monoisotopic (exact) mass is 246 g/mol. The predicted octanol–water partition coefficient (Wildman–Crippen LogP) is -1.81. The van der Waals surface area contributed by atoms with E-state index < -0.39 is 30.4 Å². The van der Waals surface area contributed by atoms with E-state index in [2.05, 4.69) is 27.7 Å². The molecule has 0 aliphatic heterocycles. The number of nitrogens with two attached hydrogens (primary N) is 2. The lowest BCUT2D eigenvalue weighted by molar-refractivity contribution is -0.151. The Hall–Kier alpha value is -2.78. The molecule has 0 spiro atoms. The quantitative estimate of drug-likeness (QED) is 0.338. The second-order valence-electron chi connectivity index (χ2n) is 2.58. The van der Waals surface area contributed by atoms with E-state index in [1.54, 1.807) is 5.48 Å². The Labute approximate surface area is 94.8 Å². The molecule has 0 unspecified atom stereocenters. The van der Waals surface area contributed by atoms with E-state index in [9.17, 15) is 19.2 Å². The van der Waals surface area contributed by atoms with Crippen molar-refractivity contribution in [2.24, 2.45) is 11.5 Å². The van der Waals surface area contributed by atoms with Gasteiger partial charge in [-0.25, -0.2) is 19.2 Å². The summed E-state index contributed by atoms with van der Waals surface area (Å²) in [6, 6.07) is -2.17. The van der Waals surface area contributed by atoms with Crippen LogP contribution in [0, 0.1) is 0 Å². The van der Waals surface area contributed by atoms with Gasteiger partial charge in [-0.2, -0.15) is 11.0 Å². The molecule has 10 nitrogen and oxygen atoms in total. The van der Waals surface area contributed by atoms with E-state index >= 15 is 0 Å². The average molecular weight is 246 g/mol. The first-order valence-electron chi connectivity index (χ1n) is 4.02. The Morgan fingerprint density at radius 3 is 1.94 bits per heavy atom. The first-order chi connectivity index (χ1) is 7.82. The molecule has 0 aromatic heterocycles. The number of nitrogens with one attached hydrogen (secondary N) is 2. The van der Waals surface area contributed by atoms with Crippen molar-refractivity contribution >= 4 is 24.0 Å². The third kappa shape index (κ3) is 7.18. The minimum atomic E-state index is -1.09. The fourth-order valence-electron chi connectivity index (χ4n) is 0.559. The largest absolute Gasteiger partial charge is 0.359 e. The van der Waals surface area contributed by atoms with Crippen molar-refractivity contribution in [3.63, 3.8) is 0 Å². The first-order valence-corrected chi connectivity index (χ1v) is 4.02. The summed E-state index contributed by atoms with van der Waals surface area (Å²) >= 11 is 0. The van der Waals surface area contributed by atoms with Gasteiger partial charge in [-0.05, 0) is 0 Å². The number of carbonyl (C=O) groups is 4. The van der Waals surface area contributed by atoms with E-state index in [1.165, 1.54) is 5.48 Å². The van der Waals surface area contributed by atoms with Gasteiger partial charge in [0, 0.05) is 5.57 Å². The maximum atomic E-state index is 11.0. The van der Waals surface area contributed by atoms with Gasteiger partial charge in [0.25, 0.3) is 0 Å². The lowest BCUT2D eigenvalue weighted by Gasteiger charge is -2.05. The third-order valence-electron chi connectivity index (χ3n) is 1.16. The van der Waals surface area contributed by atoms with Gasteiger partial charge in [-0.3, -0.25) is 0 Å². The molecule has 0 fully saturated rings. The van der Waals surface area contributed by atoms with E-state index in [1.807, 2.05) is 0 Å². The molecule has 0 atom stereocenters. The molecular formula is C7H10N4O6. The van der Waals surface area contributed by atoms with Crippen LogP contribution in [0.1, 0.15) is 6.42 Å². The van der Waals surface area contributed by atoms with Crippen molar-refractivity contribution in [3.05, 3.63) is 12.2 Å². The molecule has 4 amide bonds. The summed E-state index contributed by atoms with van der Waals surface area (Å²) in [4.78, 5) is 50.5. The normalized spacial score (nSPS) is 8.71. The van der Waals surface area contributed by atoms with Gasteiger partial charge in [-0.15, -0.1) is 0 Å². The number of amides is 4. The predicted molar refractivity (Wildman–Crippen MR) is 51.4 cm³/mol. The highest BCUT2D eigenvalue weighted by atomic mass is 16.7. The van der Waals surface area contributed by atoms with Crippen molar-refractivity contribution < 1.29 is 28.9 Å². The Bertz CT molecular complexity index is 365. The van der Waals surface area contributed by atoms with Gasteiger partial charge in [0.05, 0.1) is 6.42 Å². The molecule has 0 rings (SSSR count). The fraction of sp³-hybridized carbons (Fsp3) is 0.143. The van der Waals surface area contributed by atoms with Crippen molar-refractivity contribution in [2.45, 2.75) is 6.42 Å². The molecule has 0 saturated heterocycles. The molecule has 10 heteroatoms. The Balaban J connectivity index is 3.99. The molecule has 0 aliphatic rings. The SMILES string of the molecule is C=C(CC(=O)ONC(N)=O)C(=O)ONC(N)=O. The van der Waals surface area contributed by atoms with Crippen LogP contribution in [0.3, 0.4) is 0 Å². The van der Waals surface area contributed by atoms with Crippen LogP contribution in [-0.2, 0) is 19.3 Å². The van der Waals surface area contributed by atoms with E-state index in [0.29, 0.717) is 0 Å². The summed E-state index contributed by atoms with van der Waals surface area (Å²) < 4.78 is 0. The van der Waals surface area contributed by atoms with E-state index in [-0.39, 0.29) is 5.57 Å². The summed E-state index contributed by atoms with van der Waals surface area (Å²) in [6.07, 6.45) is -0.570. The van der Waals surface area contributed by atoms with Gasteiger partial charge in [0.15, 0.2) is 0 Å². The molecule has 94 valence electrons. The Morgan fingerprint density at radius 1 is 1.00 bits per heavy atom. The summed E-state index contributed by atoms with van der Waals surface area (Å²) in [7, 11) is 0. The maximum Gasteiger partial charge on any atom is 0.359 e. The fourth-order valence-corrected chi connectivity index (χ4v) is 0.559. The molecule has 17 heavy (non-hydrogen) atoms. The summed E-state index contributed by atoms with van der Waals surface area (Å²) in [5.74, 6) is -2.08. The van der Waals surface area contributed by atoms with Crippen molar-refractivity contribution in [1.29, 1.82) is 0 Å². The van der Waals surface area contributed by atoms with Crippen LogP contribution in [0.2, 0.25) is 0 Å². The standard InChI is InChI=1S/C7H10N4O6/c1-3(5(13)17-11-7(9)15)2-4(12)16-10-6(8)14/h1-2H2,(H3,8,10,14)(H3,9,11,15). The molecule has 6 N–H and O–H groups in total. The molecule has 0 heterocycles. The van der Waals surface area contributed by atoms with Gasteiger partial charge in [0.1, 0.15) is 0 Å². The molecule has 0 radical (unpaired) electrons. The number of hydrogen-bond donors (Lipinski definition) is 4. The smallest absolute Gasteiger partial charge is 0.349 e. The number of hydroxylamine groups is 2. The number of hydrogen-bond acceptors (Lipinski definition) is 6. The summed E-state index contributed by atoms with van der Waals surface area (Å²) in [6.45, 7) is 3.19.